The molecule has 0 radical (unpaired) electrons. The predicted octanol–water partition coefficient (Wildman–Crippen LogP) is 1.02. The van der Waals surface area contributed by atoms with Crippen LogP contribution >= 0.6 is 0 Å². The molecule has 0 aliphatic rings. The van der Waals surface area contributed by atoms with E-state index in [1.165, 1.54) is 24.5 Å². The number of amides is 1. The van der Waals surface area contributed by atoms with E-state index in [1.807, 2.05) is 0 Å². The summed E-state index contributed by atoms with van der Waals surface area (Å²) in [5.41, 5.74) is 0.793. The number of carbonyl (C=O) groups excluding carboxylic acids is 1. The van der Waals surface area contributed by atoms with Crippen molar-refractivity contribution in [1.82, 2.24) is 9.97 Å². The van der Waals surface area contributed by atoms with E-state index in [2.05, 4.69) is 15.3 Å². The van der Waals surface area contributed by atoms with E-state index in [0.29, 0.717) is 11.3 Å². The van der Waals surface area contributed by atoms with Crippen LogP contribution in [0.3, 0.4) is 0 Å². The zero-order chi connectivity index (χ0) is 11.4. The molecule has 0 aliphatic heterocycles. The Morgan fingerprint density at radius 3 is 2.81 bits per heavy atom. The molecule has 0 bridgehead atoms. The molecular formula is C11H9N3O2. The molecule has 0 unspecified atom stereocenters. The smallest absolute Gasteiger partial charge is 0.257 e. The molecule has 0 atom stereocenters. The minimum atomic E-state index is -0.264. The van der Waals surface area contributed by atoms with Crippen molar-refractivity contribution in [3.8, 4) is 0 Å². The fourth-order valence-electron chi connectivity index (χ4n) is 1.19. The van der Waals surface area contributed by atoms with Gasteiger partial charge in [0, 0.05) is 24.7 Å². The lowest BCUT2D eigenvalue weighted by Crippen LogP contribution is -2.13. The molecule has 5 heteroatoms. The number of aromatic nitrogens is 2. The molecule has 80 valence electrons. The number of nitrogens with zero attached hydrogens (tertiary/aromatic N) is 1. The van der Waals surface area contributed by atoms with Crippen LogP contribution in [0.5, 0.6) is 0 Å². The summed E-state index contributed by atoms with van der Waals surface area (Å²) >= 11 is 0. The van der Waals surface area contributed by atoms with E-state index in [4.69, 9.17) is 0 Å². The molecule has 1 amide bonds. The SMILES string of the molecule is O=C(Nc1ccc(=O)[nH]c1)c1cccnc1. The number of aromatic amines is 1. The van der Waals surface area contributed by atoms with Gasteiger partial charge in [-0.15, -0.1) is 0 Å². The first-order valence-electron chi connectivity index (χ1n) is 4.66. The number of rotatable bonds is 2. The molecule has 2 aromatic heterocycles. The van der Waals surface area contributed by atoms with Crippen LogP contribution in [0, 0.1) is 0 Å². The Labute approximate surface area is 91.2 Å². The summed E-state index contributed by atoms with van der Waals surface area (Å²) in [6, 6.07) is 6.22. The van der Waals surface area contributed by atoms with Crippen molar-refractivity contribution < 1.29 is 4.79 Å². The summed E-state index contributed by atoms with van der Waals surface area (Å²) in [6.45, 7) is 0. The zero-order valence-electron chi connectivity index (χ0n) is 8.31. The van der Waals surface area contributed by atoms with Crippen molar-refractivity contribution in [3.63, 3.8) is 0 Å². The fourth-order valence-corrected chi connectivity index (χ4v) is 1.19. The van der Waals surface area contributed by atoms with Crippen LogP contribution < -0.4 is 10.9 Å². The summed E-state index contributed by atoms with van der Waals surface area (Å²) in [4.78, 5) is 28.8. The molecule has 0 aliphatic carbocycles. The molecule has 0 saturated heterocycles. The number of anilines is 1. The van der Waals surface area contributed by atoms with E-state index in [-0.39, 0.29) is 11.5 Å². The van der Waals surface area contributed by atoms with Gasteiger partial charge in [-0.05, 0) is 18.2 Å². The Morgan fingerprint density at radius 2 is 2.19 bits per heavy atom. The van der Waals surface area contributed by atoms with Gasteiger partial charge in [-0.2, -0.15) is 0 Å². The second kappa shape index (κ2) is 4.39. The standard InChI is InChI=1S/C11H9N3O2/c15-10-4-3-9(7-13-10)14-11(16)8-2-1-5-12-6-8/h1-7H,(H,13,15)(H,14,16). The van der Waals surface area contributed by atoms with E-state index < -0.39 is 0 Å². The van der Waals surface area contributed by atoms with Gasteiger partial charge in [-0.25, -0.2) is 0 Å². The zero-order valence-corrected chi connectivity index (χ0v) is 8.31. The molecular weight excluding hydrogens is 206 g/mol. The Kier molecular flexibility index (Phi) is 2.77. The third kappa shape index (κ3) is 2.33. The largest absolute Gasteiger partial charge is 0.327 e. The van der Waals surface area contributed by atoms with Crippen molar-refractivity contribution in [1.29, 1.82) is 0 Å². The number of pyridine rings is 2. The molecule has 0 aromatic carbocycles. The minimum absolute atomic E-state index is 0.209. The van der Waals surface area contributed by atoms with Gasteiger partial charge < -0.3 is 10.3 Å². The molecule has 16 heavy (non-hydrogen) atoms. The van der Waals surface area contributed by atoms with E-state index >= 15 is 0 Å². The number of carbonyl (C=O) groups is 1. The normalized spacial score (nSPS) is 9.75. The van der Waals surface area contributed by atoms with Gasteiger partial charge in [0.2, 0.25) is 5.56 Å². The average molecular weight is 215 g/mol. The highest BCUT2D eigenvalue weighted by atomic mass is 16.1. The first-order chi connectivity index (χ1) is 7.75. The lowest BCUT2D eigenvalue weighted by Gasteiger charge is -2.03. The van der Waals surface area contributed by atoms with Crippen LogP contribution in [0.25, 0.3) is 0 Å². The molecule has 5 nitrogen and oxygen atoms in total. The van der Waals surface area contributed by atoms with Crippen LogP contribution in [0.4, 0.5) is 5.69 Å². The highest BCUT2D eigenvalue weighted by Gasteiger charge is 2.04. The van der Waals surface area contributed by atoms with Gasteiger partial charge in [-0.3, -0.25) is 14.6 Å². The van der Waals surface area contributed by atoms with E-state index in [9.17, 15) is 9.59 Å². The van der Waals surface area contributed by atoms with Crippen LogP contribution in [0.2, 0.25) is 0 Å². The minimum Gasteiger partial charge on any atom is -0.327 e. The van der Waals surface area contributed by atoms with Crippen molar-refractivity contribution in [2.24, 2.45) is 0 Å². The fraction of sp³-hybridized carbons (Fsp3) is 0. The maximum atomic E-state index is 11.7. The van der Waals surface area contributed by atoms with Crippen LogP contribution in [-0.2, 0) is 0 Å². The first kappa shape index (κ1) is 10.1. The monoisotopic (exact) mass is 215 g/mol. The number of nitrogens with one attached hydrogen (secondary N) is 2. The summed E-state index contributed by atoms with van der Waals surface area (Å²) in [7, 11) is 0. The Morgan fingerprint density at radius 1 is 1.31 bits per heavy atom. The van der Waals surface area contributed by atoms with Crippen molar-refractivity contribution in [3.05, 3.63) is 58.8 Å². The third-order valence-electron chi connectivity index (χ3n) is 1.97. The summed E-state index contributed by atoms with van der Waals surface area (Å²) in [6.07, 6.45) is 4.51. The van der Waals surface area contributed by atoms with Gasteiger partial charge >= 0.3 is 0 Å². The maximum Gasteiger partial charge on any atom is 0.257 e. The number of hydrogen-bond donors (Lipinski definition) is 2. The lowest BCUT2D eigenvalue weighted by atomic mass is 10.2. The number of hydrogen-bond acceptors (Lipinski definition) is 3. The first-order valence-corrected chi connectivity index (χ1v) is 4.66. The topological polar surface area (TPSA) is 74.8 Å². The van der Waals surface area contributed by atoms with Crippen molar-refractivity contribution in [2.45, 2.75) is 0 Å². The van der Waals surface area contributed by atoms with E-state index in [0.717, 1.165) is 0 Å². The van der Waals surface area contributed by atoms with Gasteiger partial charge in [0.05, 0.1) is 11.3 Å². The third-order valence-corrected chi connectivity index (χ3v) is 1.97. The molecule has 0 fully saturated rings. The Bertz CT molecular complexity index is 528. The van der Waals surface area contributed by atoms with Crippen LogP contribution in [0.1, 0.15) is 10.4 Å². The highest BCUT2D eigenvalue weighted by molar-refractivity contribution is 6.03. The molecule has 0 spiro atoms. The van der Waals surface area contributed by atoms with Gasteiger partial charge in [0.1, 0.15) is 0 Å². The molecule has 2 aromatic rings. The summed E-state index contributed by atoms with van der Waals surface area (Å²) < 4.78 is 0. The lowest BCUT2D eigenvalue weighted by molar-refractivity contribution is 0.102. The maximum absolute atomic E-state index is 11.7. The Balaban J connectivity index is 2.14. The van der Waals surface area contributed by atoms with Crippen molar-refractivity contribution >= 4 is 11.6 Å². The molecule has 0 saturated carbocycles. The average Bonchev–Trinajstić information content (AvgIpc) is 2.33. The van der Waals surface area contributed by atoms with Crippen LogP contribution in [-0.4, -0.2) is 15.9 Å². The second-order valence-electron chi connectivity index (χ2n) is 3.14. The van der Waals surface area contributed by atoms with Gasteiger partial charge in [-0.1, -0.05) is 0 Å². The molecule has 2 N–H and O–H groups in total. The highest BCUT2D eigenvalue weighted by Crippen LogP contribution is 2.04. The Hall–Kier alpha value is -2.43. The molecule has 2 rings (SSSR count). The van der Waals surface area contributed by atoms with Gasteiger partial charge in [0.15, 0.2) is 0 Å². The summed E-state index contributed by atoms with van der Waals surface area (Å²) in [5.74, 6) is -0.264. The van der Waals surface area contributed by atoms with E-state index in [1.54, 1.807) is 18.3 Å². The van der Waals surface area contributed by atoms with Crippen LogP contribution in [0.15, 0.2) is 47.7 Å². The van der Waals surface area contributed by atoms with Crippen molar-refractivity contribution in [2.75, 3.05) is 5.32 Å². The van der Waals surface area contributed by atoms with Gasteiger partial charge in [0.25, 0.3) is 5.91 Å². The number of H-pyrrole nitrogens is 1. The molecule has 2 heterocycles. The predicted molar refractivity (Wildman–Crippen MR) is 59.3 cm³/mol. The second-order valence-corrected chi connectivity index (χ2v) is 3.14. The summed E-state index contributed by atoms with van der Waals surface area (Å²) in [5, 5.41) is 2.64. The quantitative estimate of drug-likeness (QED) is 0.785.